The molecule has 4 rings (SSSR count). The zero-order chi connectivity index (χ0) is 23.8. The fourth-order valence-electron chi connectivity index (χ4n) is 4.08. The van der Waals surface area contributed by atoms with Crippen molar-refractivity contribution < 1.29 is 9.47 Å². The number of aryl methyl sites for hydroxylation is 1. The predicted octanol–water partition coefficient (Wildman–Crippen LogP) is 2.91. The van der Waals surface area contributed by atoms with Gasteiger partial charge >= 0.3 is 0 Å². The molecule has 10 nitrogen and oxygen atoms in total. The van der Waals surface area contributed by atoms with E-state index in [1.807, 2.05) is 52.1 Å². The summed E-state index contributed by atoms with van der Waals surface area (Å²) >= 11 is 0. The standard InChI is InChI=1S/C23H30N8O2/c1-14-9-16-11-25-21(29-19(16)23(24,30-14)12-22(2,3)33-6)28-17-8-7-15(10-18(17)32-5)20-26-13-27-31(20)4/h7-11,13,30H,12,24H2,1-6H3,(H,25,28,29). The largest absolute Gasteiger partial charge is 0.495 e. The maximum atomic E-state index is 6.84. The molecule has 0 saturated heterocycles. The van der Waals surface area contributed by atoms with E-state index in [-0.39, 0.29) is 0 Å². The summed E-state index contributed by atoms with van der Waals surface area (Å²) in [5.41, 5.74) is 9.60. The van der Waals surface area contributed by atoms with E-state index in [0.717, 1.165) is 28.3 Å². The minimum atomic E-state index is -0.911. The Morgan fingerprint density at radius 1 is 1.24 bits per heavy atom. The fourth-order valence-corrected chi connectivity index (χ4v) is 4.08. The van der Waals surface area contributed by atoms with E-state index >= 15 is 0 Å². The molecule has 4 N–H and O–H groups in total. The van der Waals surface area contributed by atoms with Crippen LogP contribution >= 0.6 is 0 Å². The van der Waals surface area contributed by atoms with Crippen LogP contribution in [-0.4, -0.2) is 44.6 Å². The lowest BCUT2D eigenvalue weighted by atomic mass is 9.87. The quantitative estimate of drug-likeness (QED) is 0.498. The van der Waals surface area contributed by atoms with Gasteiger partial charge in [0.05, 0.1) is 24.1 Å². The van der Waals surface area contributed by atoms with Gasteiger partial charge in [-0.2, -0.15) is 5.10 Å². The smallest absolute Gasteiger partial charge is 0.227 e. The molecule has 0 spiro atoms. The highest BCUT2D eigenvalue weighted by atomic mass is 16.5. The molecule has 1 aliphatic rings. The van der Waals surface area contributed by atoms with E-state index in [9.17, 15) is 0 Å². The van der Waals surface area contributed by atoms with Crippen LogP contribution in [0.3, 0.4) is 0 Å². The molecule has 0 bridgehead atoms. The van der Waals surface area contributed by atoms with Crippen LogP contribution in [0.15, 0.2) is 36.4 Å². The average molecular weight is 451 g/mol. The summed E-state index contributed by atoms with van der Waals surface area (Å²) in [6.45, 7) is 5.97. The highest BCUT2D eigenvalue weighted by molar-refractivity contribution is 5.70. The molecule has 1 atom stereocenters. The maximum absolute atomic E-state index is 6.84. The molecular weight excluding hydrogens is 420 g/mol. The monoisotopic (exact) mass is 450 g/mol. The second-order valence-corrected chi connectivity index (χ2v) is 8.81. The lowest BCUT2D eigenvalue weighted by Crippen LogP contribution is -2.56. The van der Waals surface area contributed by atoms with E-state index in [4.69, 9.17) is 20.2 Å². The number of rotatable bonds is 7. The van der Waals surface area contributed by atoms with E-state index in [1.54, 1.807) is 25.1 Å². The number of aromatic nitrogens is 5. The van der Waals surface area contributed by atoms with Crippen molar-refractivity contribution in [1.29, 1.82) is 0 Å². The summed E-state index contributed by atoms with van der Waals surface area (Å²) < 4.78 is 12.9. The molecule has 0 fully saturated rings. The zero-order valence-corrected chi connectivity index (χ0v) is 19.8. The van der Waals surface area contributed by atoms with E-state index in [1.165, 1.54) is 6.33 Å². The van der Waals surface area contributed by atoms with E-state index < -0.39 is 11.3 Å². The molecule has 1 unspecified atom stereocenters. The van der Waals surface area contributed by atoms with Gasteiger partial charge in [-0.15, -0.1) is 0 Å². The third-order valence-corrected chi connectivity index (χ3v) is 5.71. The average Bonchev–Trinajstić information content (AvgIpc) is 3.19. The molecule has 0 saturated carbocycles. The first kappa shape index (κ1) is 22.7. The van der Waals surface area contributed by atoms with Crippen molar-refractivity contribution in [3.8, 4) is 17.1 Å². The van der Waals surface area contributed by atoms with Crippen LogP contribution in [0.5, 0.6) is 5.75 Å². The van der Waals surface area contributed by atoms with Crippen molar-refractivity contribution in [3.05, 3.63) is 47.7 Å². The SMILES string of the molecule is COc1cc(-c2ncnn2C)ccc1Nc1ncc2c(n1)C(N)(CC(C)(C)OC)NC(C)=C2. The number of allylic oxidation sites excluding steroid dienone is 1. The van der Waals surface area contributed by atoms with Crippen LogP contribution in [-0.2, 0) is 17.4 Å². The van der Waals surface area contributed by atoms with Gasteiger partial charge in [0.25, 0.3) is 0 Å². The molecule has 0 radical (unpaired) electrons. The Labute approximate surface area is 193 Å². The number of hydrogen-bond acceptors (Lipinski definition) is 9. The van der Waals surface area contributed by atoms with E-state index in [0.29, 0.717) is 23.8 Å². The molecule has 33 heavy (non-hydrogen) atoms. The van der Waals surface area contributed by atoms with Gasteiger partial charge in [0.1, 0.15) is 17.7 Å². The van der Waals surface area contributed by atoms with E-state index in [2.05, 4.69) is 25.7 Å². The van der Waals surface area contributed by atoms with Crippen LogP contribution in [0, 0.1) is 0 Å². The van der Waals surface area contributed by atoms with Crippen molar-refractivity contribution in [1.82, 2.24) is 30.0 Å². The number of anilines is 2. The van der Waals surface area contributed by atoms with Gasteiger partial charge in [-0.1, -0.05) is 0 Å². The first-order valence-corrected chi connectivity index (χ1v) is 10.6. The van der Waals surface area contributed by atoms with Crippen molar-refractivity contribution in [2.45, 2.75) is 38.5 Å². The number of hydrogen-bond donors (Lipinski definition) is 3. The van der Waals surface area contributed by atoms with Crippen LogP contribution in [0.4, 0.5) is 11.6 Å². The molecule has 0 amide bonds. The summed E-state index contributed by atoms with van der Waals surface area (Å²) in [5.74, 6) is 1.79. The van der Waals surface area contributed by atoms with Crippen molar-refractivity contribution >= 4 is 17.7 Å². The molecule has 10 heteroatoms. The maximum Gasteiger partial charge on any atom is 0.227 e. The molecule has 0 aliphatic carbocycles. The Kier molecular flexibility index (Phi) is 5.81. The highest BCUT2D eigenvalue weighted by Crippen LogP contribution is 2.35. The molecule has 174 valence electrons. The Balaban J connectivity index is 1.68. The Bertz CT molecular complexity index is 1200. The van der Waals surface area contributed by atoms with Crippen LogP contribution in [0.2, 0.25) is 0 Å². The minimum absolute atomic E-state index is 0.415. The van der Waals surface area contributed by atoms with Gasteiger partial charge < -0.3 is 25.8 Å². The van der Waals surface area contributed by atoms with Crippen molar-refractivity contribution in [2.75, 3.05) is 19.5 Å². The first-order chi connectivity index (χ1) is 15.6. The number of ether oxygens (including phenoxy) is 2. The summed E-state index contributed by atoms with van der Waals surface area (Å²) in [5, 5.41) is 10.8. The summed E-state index contributed by atoms with van der Waals surface area (Å²) in [4.78, 5) is 13.6. The molecule has 1 aliphatic heterocycles. The molecule has 2 aromatic heterocycles. The minimum Gasteiger partial charge on any atom is -0.495 e. The van der Waals surface area contributed by atoms with Gasteiger partial charge in [0, 0.05) is 43.6 Å². The summed E-state index contributed by atoms with van der Waals surface area (Å²) in [6.07, 6.45) is 5.79. The second kappa shape index (κ2) is 8.45. The number of fused-ring (bicyclic) bond motifs is 1. The number of methoxy groups -OCH3 is 2. The van der Waals surface area contributed by atoms with Gasteiger partial charge in [0.2, 0.25) is 5.95 Å². The van der Waals surface area contributed by atoms with Crippen molar-refractivity contribution in [3.63, 3.8) is 0 Å². The van der Waals surface area contributed by atoms with Gasteiger partial charge in [0.15, 0.2) is 5.82 Å². The topological polar surface area (TPSA) is 125 Å². The van der Waals surface area contributed by atoms with Gasteiger partial charge in [-0.3, -0.25) is 0 Å². The molecular formula is C23H30N8O2. The lowest BCUT2D eigenvalue weighted by Gasteiger charge is -2.40. The van der Waals surface area contributed by atoms with Crippen LogP contribution in [0.1, 0.15) is 38.4 Å². The highest BCUT2D eigenvalue weighted by Gasteiger charge is 2.39. The third-order valence-electron chi connectivity index (χ3n) is 5.71. The first-order valence-electron chi connectivity index (χ1n) is 10.6. The molecule has 3 heterocycles. The second-order valence-electron chi connectivity index (χ2n) is 8.81. The van der Waals surface area contributed by atoms with Crippen LogP contribution in [0.25, 0.3) is 17.5 Å². The summed E-state index contributed by atoms with van der Waals surface area (Å²) in [7, 11) is 5.14. The fraction of sp³-hybridized carbons (Fsp3) is 0.391. The number of benzene rings is 1. The van der Waals surface area contributed by atoms with Gasteiger partial charge in [-0.05, 0) is 45.0 Å². The van der Waals surface area contributed by atoms with Gasteiger partial charge in [-0.25, -0.2) is 19.6 Å². The summed E-state index contributed by atoms with van der Waals surface area (Å²) in [6, 6.07) is 5.74. The number of nitrogens with one attached hydrogen (secondary N) is 2. The Hall–Kier alpha value is -3.50. The van der Waals surface area contributed by atoms with Crippen molar-refractivity contribution in [2.24, 2.45) is 12.8 Å². The zero-order valence-electron chi connectivity index (χ0n) is 19.8. The molecule has 1 aromatic carbocycles. The Morgan fingerprint density at radius 2 is 2.03 bits per heavy atom. The lowest BCUT2D eigenvalue weighted by molar-refractivity contribution is -0.00867. The molecule has 3 aromatic rings. The number of nitrogens with two attached hydrogens (primary N) is 1. The van der Waals surface area contributed by atoms with Crippen LogP contribution < -0.4 is 21.1 Å². The normalized spacial score (nSPS) is 17.7. The Morgan fingerprint density at radius 3 is 2.70 bits per heavy atom. The predicted molar refractivity (Wildman–Crippen MR) is 127 cm³/mol. The number of nitrogens with zero attached hydrogens (tertiary/aromatic N) is 5. The third kappa shape index (κ3) is 4.53.